The van der Waals surface area contributed by atoms with Crippen LogP contribution in [0.3, 0.4) is 0 Å². The zero-order chi connectivity index (χ0) is 25.9. The van der Waals surface area contributed by atoms with Gasteiger partial charge in [-0.2, -0.15) is 0 Å². The molecular formula is C36H26BrN. The van der Waals surface area contributed by atoms with Gasteiger partial charge in [-0.3, -0.25) is 0 Å². The second-order valence-corrected chi connectivity index (χ2v) is 10.2. The minimum atomic E-state index is 1.08. The van der Waals surface area contributed by atoms with Gasteiger partial charge in [-0.05, 0) is 87.1 Å². The third-order valence-electron chi connectivity index (χ3n) is 6.91. The van der Waals surface area contributed by atoms with Crippen molar-refractivity contribution in [2.75, 3.05) is 4.90 Å². The predicted molar refractivity (Wildman–Crippen MR) is 167 cm³/mol. The smallest absolute Gasteiger partial charge is 0.0468 e. The number of hydrogen-bond donors (Lipinski definition) is 0. The van der Waals surface area contributed by atoms with Gasteiger partial charge in [-0.1, -0.05) is 120 Å². The molecule has 6 rings (SSSR count). The lowest BCUT2D eigenvalue weighted by Crippen LogP contribution is -2.09. The highest BCUT2D eigenvalue weighted by atomic mass is 79.9. The monoisotopic (exact) mass is 551 g/mol. The van der Waals surface area contributed by atoms with Gasteiger partial charge in [0, 0.05) is 21.5 Å². The molecule has 2 heteroatoms. The summed E-state index contributed by atoms with van der Waals surface area (Å²) in [5.41, 5.74) is 9.28. The molecule has 0 bridgehead atoms. The fourth-order valence-corrected chi connectivity index (χ4v) is 5.20. The number of benzene rings is 6. The summed E-state index contributed by atoms with van der Waals surface area (Å²) in [6.07, 6.45) is 1.92. The first-order valence-electron chi connectivity index (χ1n) is 12.7. The first-order chi connectivity index (χ1) is 18.7. The highest BCUT2D eigenvalue weighted by Crippen LogP contribution is 2.38. The predicted octanol–water partition coefficient (Wildman–Crippen LogP) is 11.0. The summed E-state index contributed by atoms with van der Waals surface area (Å²) >= 11 is 3.53. The number of fused-ring (bicyclic) bond motifs is 1. The van der Waals surface area contributed by atoms with Gasteiger partial charge in [0.25, 0.3) is 0 Å². The summed E-state index contributed by atoms with van der Waals surface area (Å²) in [6.45, 7) is 3.99. The van der Waals surface area contributed by atoms with E-state index < -0.39 is 0 Å². The standard InChI is InChI=1S/C36H26BrN/c1-2-26-9-6-10-31-25-35(23-24-36(26)31)38(33-19-13-29(14-20-33)27-7-4-3-5-8-27)34-21-15-30(16-22-34)28-11-17-32(37)18-12-28/h2-25H,1H2. The van der Waals surface area contributed by atoms with E-state index in [1.54, 1.807) is 0 Å². The van der Waals surface area contributed by atoms with Crippen LogP contribution in [0.15, 0.2) is 151 Å². The van der Waals surface area contributed by atoms with Crippen molar-refractivity contribution in [1.29, 1.82) is 0 Å². The van der Waals surface area contributed by atoms with Crippen LogP contribution in [-0.2, 0) is 0 Å². The van der Waals surface area contributed by atoms with Gasteiger partial charge in [0.15, 0.2) is 0 Å². The summed E-state index contributed by atoms with van der Waals surface area (Å²) in [5, 5.41) is 2.40. The van der Waals surface area contributed by atoms with Crippen LogP contribution in [0, 0.1) is 0 Å². The lowest BCUT2D eigenvalue weighted by Gasteiger charge is -2.26. The van der Waals surface area contributed by atoms with Crippen LogP contribution in [0.2, 0.25) is 0 Å². The van der Waals surface area contributed by atoms with E-state index in [1.807, 2.05) is 6.08 Å². The molecule has 1 nitrogen and oxygen atoms in total. The molecule has 0 N–H and O–H groups in total. The van der Waals surface area contributed by atoms with Gasteiger partial charge in [0.05, 0.1) is 0 Å². The topological polar surface area (TPSA) is 3.24 Å². The highest BCUT2D eigenvalue weighted by molar-refractivity contribution is 9.10. The van der Waals surface area contributed by atoms with Crippen LogP contribution in [0.1, 0.15) is 5.56 Å². The zero-order valence-electron chi connectivity index (χ0n) is 20.9. The lowest BCUT2D eigenvalue weighted by molar-refractivity contribution is 1.29. The van der Waals surface area contributed by atoms with E-state index in [4.69, 9.17) is 0 Å². The molecule has 0 aromatic heterocycles. The number of hydrogen-bond acceptors (Lipinski definition) is 1. The molecule has 38 heavy (non-hydrogen) atoms. The van der Waals surface area contributed by atoms with Crippen LogP contribution in [0.4, 0.5) is 17.1 Å². The normalized spacial score (nSPS) is 10.9. The average molecular weight is 553 g/mol. The lowest BCUT2D eigenvalue weighted by atomic mass is 10.0. The van der Waals surface area contributed by atoms with Crippen molar-refractivity contribution in [1.82, 2.24) is 0 Å². The van der Waals surface area contributed by atoms with E-state index in [1.165, 1.54) is 33.0 Å². The summed E-state index contributed by atoms with van der Waals surface area (Å²) < 4.78 is 1.08. The molecule has 0 spiro atoms. The Bertz CT molecular complexity index is 1700. The molecule has 0 radical (unpaired) electrons. The van der Waals surface area contributed by atoms with Gasteiger partial charge in [-0.25, -0.2) is 0 Å². The molecule has 0 aliphatic heterocycles. The maximum atomic E-state index is 3.99. The summed E-state index contributed by atoms with van der Waals surface area (Å²) in [7, 11) is 0. The van der Waals surface area contributed by atoms with Crippen LogP contribution in [-0.4, -0.2) is 0 Å². The van der Waals surface area contributed by atoms with Gasteiger partial charge in [-0.15, -0.1) is 0 Å². The first kappa shape index (κ1) is 24.0. The average Bonchev–Trinajstić information content (AvgIpc) is 2.98. The van der Waals surface area contributed by atoms with Crippen molar-refractivity contribution in [3.05, 3.63) is 156 Å². The Morgan fingerprint density at radius 1 is 0.500 bits per heavy atom. The second kappa shape index (κ2) is 10.5. The third-order valence-corrected chi connectivity index (χ3v) is 7.44. The molecule has 0 unspecified atom stereocenters. The van der Waals surface area contributed by atoms with Crippen molar-refractivity contribution < 1.29 is 0 Å². The molecular weight excluding hydrogens is 526 g/mol. The highest BCUT2D eigenvalue weighted by Gasteiger charge is 2.14. The maximum Gasteiger partial charge on any atom is 0.0468 e. The minimum Gasteiger partial charge on any atom is -0.310 e. The summed E-state index contributed by atoms with van der Waals surface area (Å²) in [4.78, 5) is 2.32. The van der Waals surface area contributed by atoms with E-state index in [0.29, 0.717) is 0 Å². The maximum absolute atomic E-state index is 3.99. The Kier molecular flexibility index (Phi) is 6.64. The van der Waals surface area contributed by atoms with Gasteiger partial charge in [0.1, 0.15) is 0 Å². The van der Waals surface area contributed by atoms with Crippen molar-refractivity contribution >= 4 is 49.8 Å². The van der Waals surface area contributed by atoms with Crippen LogP contribution >= 0.6 is 15.9 Å². The van der Waals surface area contributed by atoms with E-state index >= 15 is 0 Å². The molecule has 0 aliphatic rings. The number of halogens is 1. The second-order valence-electron chi connectivity index (χ2n) is 9.26. The molecule has 0 atom stereocenters. The van der Waals surface area contributed by atoms with Gasteiger partial charge in [0.2, 0.25) is 0 Å². The van der Waals surface area contributed by atoms with E-state index in [9.17, 15) is 0 Å². The Balaban J connectivity index is 1.44. The fraction of sp³-hybridized carbons (Fsp3) is 0. The number of anilines is 3. The quantitative estimate of drug-likeness (QED) is 0.199. The van der Waals surface area contributed by atoms with Crippen molar-refractivity contribution in [3.63, 3.8) is 0 Å². The van der Waals surface area contributed by atoms with Crippen LogP contribution in [0.5, 0.6) is 0 Å². The van der Waals surface area contributed by atoms with E-state index in [-0.39, 0.29) is 0 Å². The molecule has 0 saturated carbocycles. The first-order valence-corrected chi connectivity index (χ1v) is 13.5. The van der Waals surface area contributed by atoms with Crippen molar-refractivity contribution in [2.45, 2.75) is 0 Å². The molecule has 0 saturated heterocycles. The number of nitrogens with zero attached hydrogens (tertiary/aromatic N) is 1. The molecule has 182 valence electrons. The van der Waals surface area contributed by atoms with Gasteiger partial charge < -0.3 is 4.90 Å². The fourth-order valence-electron chi connectivity index (χ4n) is 4.94. The molecule has 0 amide bonds. The Morgan fingerprint density at radius 2 is 1.03 bits per heavy atom. The van der Waals surface area contributed by atoms with Gasteiger partial charge >= 0.3 is 0 Å². The Hall–Kier alpha value is -4.40. The Labute approximate surface area is 232 Å². The Morgan fingerprint density at radius 3 is 1.61 bits per heavy atom. The van der Waals surface area contributed by atoms with E-state index in [2.05, 4.69) is 167 Å². The molecule has 6 aromatic rings. The van der Waals surface area contributed by atoms with Crippen molar-refractivity contribution in [3.8, 4) is 22.3 Å². The minimum absolute atomic E-state index is 1.08. The summed E-state index contributed by atoms with van der Waals surface area (Å²) in [5.74, 6) is 0. The van der Waals surface area contributed by atoms with E-state index in [0.717, 1.165) is 27.1 Å². The van der Waals surface area contributed by atoms with Crippen LogP contribution < -0.4 is 4.90 Å². The molecule has 0 aliphatic carbocycles. The summed E-state index contributed by atoms with van der Waals surface area (Å²) in [6, 6.07) is 49.6. The molecule has 0 fully saturated rings. The third kappa shape index (κ3) is 4.79. The molecule has 6 aromatic carbocycles. The molecule has 0 heterocycles. The van der Waals surface area contributed by atoms with Crippen molar-refractivity contribution in [2.24, 2.45) is 0 Å². The zero-order valence-corrected chi connectivity index (χ0v) is 22.5. The van der Waals surface area contributed by atoms with Crippen LogP contribution in [0.25, 0.3) is 39.1 Å². The number of rotatable bonds is 6. The largest absolute Gasteiger partial charge is 0.310 e. The SMILES string of the molecule is C=Cc1cccc2cc(N(c3ccc(-c4ccccc4)cc3)c3ccc(-c4ccc(Br)cc4)cc3)ccc12.